The summed E-state index contributed by atoms with van der Waals surface area (Å²) >= 11 is 7.27. The first-order valence-corrected chi connectivity index (χ1v) is 10.5. The van der Waals surface area contributed by atoms with E-state index in [-0.39, 0.29) is 5.78 Å². The van der Waals surface area contributed by atoms with Gasteiger partial charge in [0.25, 0.3) is 0 Å². The molecule has 142 valence electrons. The van der Waals surface area contributed by atoms with E-state index in [2.05, 4.69) is 65.5 Å². The number of ketones is 1. The fraction of sp³-hybridized carbons (Fsp3) is 0.217. The molecule has 0 aliphatic carbocycles. The summed E-state index contributed by atoms with van der Waals surface area (Å²) in [4.78, 5) is 19.8. The van der Waals surface area contributed by atoms with Gasteiger partial charge in [-0.05, 0) is 35.2 Å². The molecule has 2 aromatic carbocycles. The third-order valence-electron chi connectivity index (χ3n) is 4.95. The lowest BCUT2D eigenvalue weighted by Crippen LogP contribution is -2.23. The highest BCUT2D eigenvalue weighted by Gasteiger charge is 2.14. The number of aliphatic imine (C=N–C) groups is 1. The number of carbonyl (C=O) groups excluding carboxylic acids is 1. The molecule has 1 aromatic heterocycles. The standard InChI is InChI=1S/C23H21ClN2OS/c1-26-14-13-25-23(26)18-8-6-17(7-9-18)19-4-2-3-16(15-19)5-10-20(27)21-11-12-22(24)28-21/h2-4,6-9,11-12,15H,5,10,13-14H2,1H3. The molecule has 0 bridgehead atoms. The summed E-state index contributed by atoms with van der Waals surface area (Å²) in [5, 5.41) is 0. The van der Waals surface area contributed by atoms with Gasteiger partial charge in [-0.1, -0.05) is 60.1 Å². The van der Waals surface area contributed by atoms with Gasteiger partial charge in [0.05, 0.1) is 15.8 Å². The predicted molar refractivity (Wildman–Crippen MR) is 118 cm³/mol. The van der Waals surface area contributed by atoms with Crippen LogP contribution in [0.3, 0.4) is 0 Å². The van der Waals surface area contributed by atoms with Crippen LogP contribution in [0.2, 0.25) is 4.34 Å². The lowest BCUT2D eigenvalue weighted by atomic mass is 9.99. The number of aryl methyl sites for hydroxylation is 1. The van der Waals surface area contributed by atoms with Gasteiger partial charge in [0.15, 0.2) is 5.78 Å². The molecule has 3 aromatic rings. The molecule has 0 unspecified atom stereocenters. The molecule has 3 nitrogen and oxygen atoms in total. The lowest BCUT2D eigenvalue weighted by molar-refractivity contribution is 0.0986. The largest absolute Gasteiger partial charge is 0.358 e. The fourth-order valence-electron chi connectivity index (χ4n) is 3.41. The summed E-state index contributed by atoms with van der Waals surface area (Å²) in [6.45, 7) is 1.85. The maximum Gasteiger partial charge on any atom is 0.173 e. The molecule has 0 N–H and O–H groups in total. The molecule has 0 saturated heterocycles. The van der Waals surface area contributed by atoms with Crippen molar-refractivity contribution < 1.29 is 4.79 Å². The van der Waals surface area contributed by atoms with Crippen molar-refractivity contribution in [3.8, 4) is 11.1 Å². The Hall–Kier alpha value is -2.43. The topological polar surface area (TPSA) is 32.7 Å². The quantitative estimate of drug-likeness (QED) is 0.499. The van der Waals surface area contributed by atoms with Crippen LogP contribution in [-0.4, -0.2) is 36.7 Å². The molecule has 0 amide bonds. The van der Waals surface area contributed by atoms with Gasteiger partial charge >= 0.3 is 0 Å². The van der Waals surface area contributed by atoms with Crippen LogP contribution in [0.15, 0.2) is 65.7 Å². The van der Waals surface area contributed by atoms with Crippen LogP contribution in [0.4, 0.5) is 0 Å². The van der Waals surface area contributed by atoms with E-state index in [0.29, 0.717) is 10.8 Å². The molecule has 0 saturated carbocycles. The number of carbonyl (C=O) groups is 1. The average molecular weight is 409 g/mol. The molecule has 0 fully saturated rings. The molecular formula is C23H21ClN2OS. The summed E-state index contributed by atoms with van der Waals surface area (Å²) < 4.78 is 0.656. The zero-order valence-corrected chi connectivity index (χ0v) is 17.3. The second-order valence-corrected chi connectivity index (χ2v) is 8.65. The van der Waals surface area contributed by atoms with E-state index in [1.807, 2.05) is 0 Å². The van der Waals surface area contributed by atoms with Crippen molar-refractivity contribution in [1.82, 2.24) is 4.90 Å². The minimum Gasteiger partial charge on any atom is -0.358 e. The molecule has 5 heteroatoms. The summed E-state index contributed by atoms with van der Waals surface area (Å²) in [6, 6.07) is 20.5. The van der Waals surface area contributed by atoms with Crippen LogP contribution < -0.4 is 0 Å². The third kappa shape index (κ3) is 4.18. The van der Waals surface area contributed by atoms with Gasteiger partial charge in [0.1, 0.15) is 5.84 Å². The second-order valence-electron chi connectivity index (χ2n) is 6.93. The SMILES string of the molecule is CN1CCN=C1c1ccc(-c2cccc(CCC(=O)c3ccc(Cl)s3)c2)cc1. The summed E-state index contributed by atoms with van der Waals surface area (Å²) in [5.41, 5.74) is 4.65. The number of benzene rings is 2. The maximum absolute atomic E-state index is 12.3. The van der Waals surface area contributed by atoms with Gasteiger partial charge < -0.3 is 4.90 Å². The van der Waals surface area contributed by atoms with Gasteiger partial charge in [-0.3, -0.25) is 9.79 Å². The Kier molecular flexibility index (Phi) is 5.60. The highest BCUT2D eigenvalue weighted by Crippen LogP contribution is 2.25. The molecule has 0 spiro atoms. The Morgan fingerprint density at radius 3 is 2.54 bits per heavy atom. The van der Waals surface area contributed by atoms with Crippen LogP contribution in [0.5, 0.6) is 0 Å². The third-order valence-corrected chi connectivity index (χ3v) is 6.22. The van der Waals surface area contributed by atoms with Crippen LogP contribution in [0, 0.1) is 0 Å². The number of thiophene rings is 1. The monoisotopic (exact) mass is 408 g/mol. The second kappa shape index (κ2) is 8.29. The predicted octanol–water partition coefficient (Wildman–Crippen LogP) is 5.58. The van der Waals surface area contributed by atoms with Crippen molar-refractivity contribution in [3.05, 3.63) is 81.0 Å². The molecule has 2 heterocycles. The van der Waals surface area contributed by atoms with E-state index in [0.717, 1.165) is 46.9 Å². The van der Waals surface area contributed by atoms with E-state index >= 15 is 0 Å². The first-order chi connectivity index (χ1) is 13.6. The lowest BCUT2D eigenvalue weighted by Gasteiger charge is -2.14. The van der Waals surface area contributed by atoms with Crippen LogP contribution in [0.25, 0.3) is 11.1 Å². The van der Waals surface area contributed by atoms with E-state index < -0.39 is 0 Å². The molecule has 0 radical (unpaired) electrons. The first kappa shape index (κ1) is 18.9. The van der Waals surface area contributed by atoms with Gasteiger partial charge in [-0.15, -0.1) is 11.3 Å². The number of rotatable bonds is 6. The molecule has 4 rings (SSSR count). The first-order valence-electron chi connectivity index (χ1n) is 9.34. The minimum absolute atomic E-state index is 0.146. The van der Waals surface area contributed by atoms with E-state index in [9.17, 15) is 4.79 Å². The Bertz CT molecular complexity index is 1020. The van der Waals surface area contributed by atoms with Crippen LogP contribution >= 0.6 is 22.9 Å². The highest BCUT2D eigenvalue weighted by molar-refractivity contribution is 7.18. The van der Waals surface area contributed by atoms with E-state index in [1.165, 1.54) is 16.9 Å². The van der Waals surface area contributed by atoms with Crippen LogP contribution in [0.1, 0.15) is 27.2 Å². The summed E-state index contributed by atoms with van der Waals surface area (Å²) in [5.74, 6) is 1.21. The number of nitrogens with zero attached hydrogens (tertiary/aromatic N) is 2. The molecule has 28 heavy (non-hydrogen) atoms. The number of halogens is 1. The fourth-order valence-corrected chi connectivity index (χ4v) is 4.42. The van der Waals surface area contributed by atoms with Gasteiger partial charge in [-0.2, -0.15) is 0 Å². The number of hydrogen-bond acceptors (Lipinski definition) is 4. The normalized spacial score (nSPS) is 13.6. The minimum atomic E-state index is 0.146. The Morgan fingerprint density at radius 2 is 1.86 bits per heavy atom. The van der Waals surface area contributed by atoms with Gasteiger partial charge in [0, 0.05) is 25.6 Å². The molecule has 1 aliphatic rings. The molecule has 0 atom stereocenters. The smallest absolute Gasteiger partial charge is 0.173 e. The zero-order chi connectivity index (χ0) is 19.5. The van der Waals surface area contributed by atoms with Crippen molar-refractivity contribution in [2.24, 2.45) is 4.99 Å². The van der Waals surface area contributed by atoms with Crippen molar-refractivity contribution in [3.63, 3.8) is 0 Å². The van der Waals surface area contributed by atoms with Crippen molar-refractivity contribution in [1.29, 1.82) is 0 Å². The number of amidine groups is 1. The van der Waals surface area contributed by atoms with Gasteiger partial charge in [0.2, 0.25) is 0 Å². The van der Waals surface area contributed by atoms with Crippen LogP contribution in [-0.2, 0) is 6.42 Å². The Morgan fingerprint density at radius 1 is 1.07 bits per heavy atom. The Balaban J connectivity index is 1.45. The number of hydrogen-bond donors (Lipinski definition) is 0. The summed E-state index contributed by atoms with van der Waals surface area (Å²) in [7, 11) is 2.08. The maximum atomic E-state index is 12.3. The average Bonchev–Trinajstić information content (AvgIpc) is 3.35. The summed E-state index contributed by atoms with van der Waals surface area (Å²) in [6.07, 6.45) is 1.22. The van der Waals surface area contributed by atoms with Gasteiger partial charge in [-0.25, -0.2) is 0 Å². The number of Topliss-reactive ketones (excluding diaryl/α,β-unsaturated/α-hetero) is 1. The highest BCUT2D eigenvalue weighted by atomic mass is 35.5. The molecule has 1 aliphatic heterocycles. The Labute approximate surface area is 174 Å². The van der Waals surface area contributed by atoms with E-state index in [1.54, 1.807) is 12.1 Å². The number of likely N-dealkylation sites (N-methyl/N-ethyl adjacent to an activating group) is 1. The van der Waals surface area contributed by atoms with Crippen molar-refractivity contribution in [2.75, 3.05) is 20.1 Å². The zero-order valence-electron chi connectivity index (χ0n) is 15.7. The van der Waals surface area contributed by atoms with Crippen molar-refractivity contribution in [2.45, 2.75) is 12.8 Å². The van der Waals surface area contributed by atoms with Crippen molar-refractivity contribution >= 4 is 34.6 Å². The molecular weight excluding hydrogens is 388 g/mol. The van der Waals surface area contributed by atoms with E-state index in [4.69, 9.17) is 11.6 Å².